The van der Waals surface area contributed by atoms with Crippen LogP contribution in [0.25, 0.3) is 0 Å². The summed E-state index contributed by atoms with van der Waals surface area (Å²) in [7, 11) is 0. The van der Waals surface area contributed by atoms with Gasteiger partial charge in [0.2, 0.25) is 0 Å². The minimum atomic E-state index is 0.394. The third kappa shape index (κ3) is 4.89. The molecule has 0 spiro atoms. The van der Waals surface area contributed by atoms with Crippen LogP contribution >= 0.6 is 11.8 Å². The second-order valence-electron chi connectivity index (χ2n) is 3.90. The molecule has 1 saturated heterocycles. The third-order valence-electron chi connectivity index (χ3n) is 2.63. The third-order valence-corrected chi connectivity index (χ3v) is 3.28. The number of nitrogens with two attached hydrogens (primary N) is 1. The van der Waals surface area contributed by atoms with Crippen molar-refractivity contribution in [3.63, 3.8) is 0 Å². The van der Waals surface area contributed by atoms with E-state index in [1.54, 1.807) is 0 Å². The van der Waals surface area contributed by atoms with Crippen molar-refractivity contribution < 1.29 is 0 Å². The molecule has 2 nitrogen and oxygen atoms in total. The lowest BCUT2D eigenvalue weighted by Gasteiger charge is -2.28. The van der Waals surface area contributed by atoms with E-state index in [1.807, 2.05) is 11.8 Å². The molecule has 0 aliphatic carbocycles. The molecule has 0 aromatic rings. The minimum absolute atomic E-state index is 0.394. The molecule has 0 radical (unpaired) electrons. The molecule has 0 aromatic carbocycles. The zero-order chi connectivity index (χ0) is 9.52. The molecule has 0 unspecified atom stereocenters. The van der Waals surface area contributed by atoms with Crippen molar-refractivity contribution in [1.82, 2.24) is 4.90 Å². The van der Waals surface area contributed by atoms with Crippen LogP contribution < -0.4 is 5.73 Å². The number of piperidine rings is 1. The maximum Gasteiger partial charge on any atom is 0.0175 e. The van der Waals surface area contributed by atoms with E-state index in [1.165, 1.54) is 38.1 Å². The first-order valence-corrected chi connectivity index (χ1v) is 6.69. The van der Waals surface area contributed by atoms with E-state index >= 15 is 0 Å². The number of rotatable bonds is 5. The Morgan fingerprint density at radius 1 is 1.31 bits per heavy atom. The van der Waals surface area contributed by atoms with Gasteiger partial charge < -0.3 is 10.6 Å². The quantitative estimate of drug-likeness (QED) is 0.733. The molecule has 0 amide bonds. The van der Waals surface area contributed by atoms with E-state index < -0.39 is 0 Å². The topological polar surface area (TPSA) is 29.3 Å². The van der Waals surface area contributed by atoms with Crippen LogP contribution in [0.5, 0.6) is 0 Å². The van der Waals surface area contributed by atoms with Gasteiger partial charge >= 0.3 is 0 Å². The Morgan fingerprint density at radius 3 is 2.62 bits per heavy atom. The van der Waals surface area contributed by atoms with Crippen molar-refractivity contribution in [2.45, 2.75) is 31.7 Å². The zero-order valence-electron chi connectivity index (χ0n) is 8.67. The predicted molar refractivity (Wildman–Crippen MR) is 61.3 cm³/mol. The highest BCUT2D eigenvalue weighted by atomic mass is 32.2. The van der Waals surface area contributed by atoms with E-state index in [4.69, 9.17) is 5.73 Å². The Balaban J connectivity index is 2.07. The van der Waals surface area contributed by atoms with Gasteiger partial charge in [0.15, 0.2) is 0 Å². The van der Waals surface area contributed by atoms with Crippen molar-refractivity contribution in [3.8, 4) is 0 Å². The van der Waals surface area contributed by atoms with Crippen molar-refractivity contribution >= 4 is 11.8 Å². The summed E-state index contributed by atoms with van der Waals surface area (Å²) in [5.41, 5.74) is 6.04. The van der Waals surface area contributed by atoms with Crippen molar-refractivity contribution in [2.24, 2.45) is 5.73 Å². The summed E-state index contributed by atoms with van der Waals surface area (Å²) in [5.74, 6) is 1.20. The summed E-state index contributed by atoms with van der Waals surface area (Å²) in [6.45, 7) is 3.65. The number of hydrogen-bond donors (Lipinski definition) is 1. The maximum absolute atomic E-state index is 6.04. The molecular weight excluding hydrogens is 180 g/mol. The van der Waals surface area contributed by atoms with Gasteiger partial charge in [-0.25, -0.2) is 0 Å². The summed E-state index contributed by atoms with van der Waals surface area (Å²) in [6.07, 6.45) is 7.46. The SMILES string of the molecule is CSCC[C@H](N)CN1CCCCC1. The van der Waals surface area contributed by atoms with Crippen LogP contribution in [0.3, 0.4) is 0 Å². The fraction of sp³-hybridized carbons (Fsp3) is 1.00. The number of likely N-dealkylation sites (tertiary alicyclic amines) is 1. The van der Waals surface area contributed by atoms with Gasteiger partial charge in [-0.3, -0.25) is 0 Å². The molecule has 1 rings (SSSR count). The predicted octanol–water partition coefficient (Wildman–Crippen LogP) is 1.55. The molecular formula is C10H22N2S. The number of thioether (sulfide) groups is 1. The molecule has 1 heterocycles. The van der Waals surface area contributed by atoms with E-state index in [2.05, 4.69) is 11.2 Å². The molecule has 1 fully saturated rings. The van der Waals surface area contributed by atoms with Gasteiger partial charge in [0, 0.05) is 12.6 Å². The summed E-state index contributed by atoms with van der Waals surface area (Å²) in [6, 6.07) is 0.394. The number of hydrogen-bond acceptors (Lipinski definition) is 3. The van der Waals surface area contributed by atoms with Gasteiger partial charge in [0.1, 0.15) is 0 Å². The van der Waals surface area contributed by atoms with Crippen LogP contribution in [0.15, 0.2) is 0 Å². The maximum atomic E-state index is 6.04. The molecule has 78 valence electrons. The van der Waals surface area contributed by atoms with Crippen molar-refractivity contribution in [3.05, 3.63) is 0 Å². The fourth-order valence-electron chi connectivity index (χ4n) is 1.83. The Morgan fingerprint density at radius 2 is 2.00 bits per heavy atom. The molecule has 0 aromatic heterocycles. The first-order chi connectivity index (χ1) is 6.33. The van der Waals surface area contributed by atoms with E-state index in [0.29, 0.717) is 6.04 Å². The molecule has 0 bridgehead atoms. The zero-order valence-corrected chi connectivity index (χ0v) is 9.48. The summed E-state index contributed by atoms with van der Waals surface area (Å²) in [5, 5.41) is 0. The van der Waals surface area contributed by atoms with E-state index in [9.17, 15) is 0 Å². The van der Waals surface area contributed by atoms with Crippen molar-refractivity contribution in [1.29, 1.82) is 0 Å². The monoisotopic (exact) mass is 202 g/mol. The Kier molecular flexibility index (Phi) is 5.83. The first kappa shape index (κ1) is 11.3. The lowest BCUT2D eigenvalue weighted by molar-refractivity contribution is 0.215. The van der Waals surface area contributed by atoms with Gasteiger partial charge in [-0.15, -0.1) is 0 Å². The molecule has 1 atom stereocenters. The highest BCUT2D eigenvalue weighted by Crippen LogP contribution is 2.09. The largest absolute Gasteiger partial charge is 0.327 e. The van der Waals surface area contributed by atoms with Crippen LogP contribution in [0.4, 0.5) is 0 Å². The summed E-state index contributed by atoms with van der Waals surface area (Å²) >= 11 is 1.89. The van der Waals surface area contributed by atoms with Crippen LogP contribution in [-0.4, -0.2) is 42.6 Å². The molecule has 0 saturated carbocycles. The highest BCUT2D eigenvalue weighted by molar-refractivity contribution is 7.98. The van der Waals surface area contributed by atoms with Gasteiger partial charge in [-0.1, -0.05) is 6.42 Å². The summed E-state index contributed by atoms with van der Waals surface area (Å²) < 4.78 is 0. The Hall–Kier alpha value is 0.270. The molecule has 3 heteroatoms. The van der Waals surface area contributed by atoms with Gasteiger partial charge in [0.25, 0.3) is 0 Å². The second kappa shape index (κ2) is 6.68. The smallest absolute Gasteiger partial charge is 0.0175 e. The number of nitrogens with zero attached hydrogens (tertiary/aromatic N) is 1. The first-order valence-electron chi connectivity index (χ1n) is 5.30. The Labute approximate surface area is 86.2 Å². The molecule has 1 aliphatic rings. The second-order valence-corrected chi connectivity index (χ2v) is 4.89. The average Bonchev–Trinajstić information content (AvgIpc) is 2.16. The van der Waals surface area contributed by atoms with Crippen molar-refractivity contribution in [2.75, 3.05) is 31.6 Å². The molecule has 1 aliphatic heterocycles. The Bertz CT molecular complexity index is 124. The highest BCUT2D eigenvalue weighted by Gasteiger charge is 2.12. The molecule has 2 N–H and O–H groups in total. The molecule has 13 heavy (non-hydrogen) atoms. The summed E-state index contributed by atoms with van der Waals surface area (Å²) in [4.78, 5) is 2.52. The van der Waals surface area contributed by atoms with E-state index in [-0.39, 0.29) is 0 Å². The van der Waals surface area contributed by atoms with Crippen LogP contribution in [-0.2, 0) is 0 Å². The van der Waals surface area contributed by atoms with Gasteiger partial charge in [-0.2, -0.15) is 11.8 Å². The minimum Gasteiger partial charge on any atom is -0.327 e. The van der Waals surface area contributed by atoms with E-state index in [0.717, 1.165) is 13.0 Å². The normalized spacial score (nSPS) is 21.7. The van der Waals surface area contributed by atoms with Crippen LogP contribution in [0, 0.1) is 0 Å². The lowest BCUT2D eigenvalue weighted by Crippen LogP contribution is -2.40. The fourth-order valence-corrected chi connectivity index (χ4v) is 2.37. The van der Waals surface area contributed by atoms with Crippen LogP contribution in [0.1, 0.15) is 25.7 Å². The standard InChI is InChI=1S/C10H22N2S/c1-13-8-5-10(11)9-12-6-3-2-4-7-12/h10H,2-9,11H2,1H3/t10-/m0/s1. The van der Waals surface area contributed by atoms with Gasteiger partial charge in [0.05, 0.1) is 0 Å². The average molecular weight is 202 g/mol. The van der Waals surface area contributed by atoms with Gasteiger partial charge in [-0.05, 0) is 44.4 Å². The lowest BCUT2D eigenvalue weighted by atomic mass is 10.1. The van der Waals surface area contributed by atoms with Crippen LogP contribution in [0.2, 0.25) is 0 Å².